The molecular weight excluding hydrogens is 535 g/mol. The van der Waals surface area contributed by atoms with E-state index in [4.69, 9.17) is 0 Å². The first-order valence-corrected chi connectivity index (χ1v) is 12.7. The summed E-state index contributed by atoms with van der Waals surface area (Å²) in [5.41, 5.74) is 1.51. The maximum atomic E-state index is 13.4. The highest BCUT2D eigenvalue weighted by Crippen LogP contribution is 2.38. The van der Waals surface area contributed by atoms with Gasteiger partial charge in [-0.25, -0.2) is 9.29 Å². The second-order valence-electron chi connectivity index (χ2n) is 8.50. The summed E-state index contributed by atoms with van der Waals surface area (Å²) in [5, 5.41) is 16.5. The minimum atomic E-state index is -0.546. The average molecular weight is 555 g/mol. The number of carbonyl (C=O) groups excluding carboxylic acids is 3. The zero-order chi connectivity index (χ0) is 28.2. The lowest BCUT2D eigenvalue weighted by Gasteiger charge is -2.15. The zero-order valence-corrected chi connectivity index (χ0v) is 21.4. The lowest BCUT2D eigenvalue weighted by molar-refractivity contribution is -0.384. The molecule has 0 spiro atoms. The smallest absolute Gasteiger partial charge is 0.283 e. The highest BCUT2D eigenvalue weighted by molar-refractivity contribution is 8.04. The Kier molecular flexibility index (Phi) is 7.38. The van der Waals surface area contributed by atoms with Gasteiger partial charge in [0, 0.05) is 34.0 Å². The van der Waals surface area contributed by atoms with Crippen LogP contribution >= 0.6 is 11.8 Å². The summed E-state index contributed by atoms with van der Waals surface area (Å²) < 4.78 is 13.4. The van der Waals surface area contributed by atoms with Gasteiger partial charge in [0.15, 0.2) is 0 Å². The van der Waals surface area contributed by atoms with Crippen molar-refractivity contribution in [2.24, 2.45) is 0 Å². The molecule has 40 heavy (non-hydrogen) atoms. The van der Waals surface area contributed by atoms with Gasteiger partial charge >= 0.3 is 0 Å². The van der Waals surface area contributed by atoms with Crippen LogP contribution in [0, 0.1) is 15.9 Å². The molecule has 2 N–H and O–H groups in total. The summed E-state index contributed by atoms with van der Waals surface area (Å²) >= 11 is 1.07. The number of rotatable bonds is 8. The largest absolute Gasteiger partial charge is 0.350 e. The van der Waals surface area contributed by atoms with Crippen LogP contribution in [0.15, 0.2) is 119 Å². The number of carbonyl (C=O) groups is 3. The number of anilines is 3. The van der Waals surface area contributed by atoms with Crippen LogP contribution in [0.2, 0.25) is 0 Å². The standard InChI is InChI=1S/C29H19FN4O5S/c30-19-8-10-20(11-9-19)31-25-26(29(37)33(28(25)36)22-4-2-1-3-5-22)40-24-16-12-21(13-17-24)32-27(35)18-6-14-23(15-7-18)34(38)39/h1-17,31H,(H,32,35). The van der Waals surface area contributed by atoms with E-state index >= 15 is 0 Å². The fourth-order valence-corrected chi connectivity index (χ4v) is 4.79. The van der Waals surface area contributed by atoms with E-state index in [1.54, 1.807) is 54.6 Å². The number of halogens is 1. The number of nitrogens with one attached hydrogen (secondary N) is 2. The maximum absolute atomic E-state index is 13.4. The van der Waals surface area contributed by atoms with Crippen LogP contribution in [-0.4, -0.2) is 22.6 Å². The summed E-state index contributed by atoms with van der Waals surface area (Å²) in [6, 6.07) is 25.8. The summed E-state index contributed by atoms with van der Waals surface area (Å²) in [4.78, 5) is 51.5. The Labute approximate surface area is 231 Å². The second kappa shape index (κ2) is 11.2. The number of non-ortho nitro benzene ring substituents is 1. The fourth-order valence-electron chi connectivity index (χ4n) is 3.87. The molecule has 0 radical (unpaired) electrons. The van der Waals surface area contributed by atoms with Crippen molar-refractivity contribution in [2.45, 2.75) is 4.90 Å². The minimum Gasteiger partial charge on any atom is -0.350 e. The van der Waals surface area contributed by atoms with Crippen LogP contribution < -0.4 is 15.5 Å². The van der Waals surface area contributed by atoms with Crippen LogP contribution in [0.1, 0.15) is 10.4 Å². The van der Waals surface area contributed by atoms with E-state index in [-0.39, 0.29) is 21.9 Å². The van der Waals surface area contributed by atoms with E-state index in [9.17, 15) is 28.9 Å². The molecule has 4 aromatic carbocycles. The van der Waals surface area contributed by atoms with Crippen molar-refractivity contribution in [2.75, 3.05) is 15.5 Å². The number of nitro groups is 1. The number of nitro benzene ring substituents is 1. The van der Waals surface area contributed by atoms with Crippen molar-refractivity contribution < 1.29 is 23.7 Å². The summed E-state index contributed by atoms with van der Waals surface area (Å²) in [5.74, 6) is -1.94. The Balaban J connectivity index is 1.37. The molecule has 11 heteroatoms. The molecule has 0 saturated carbocycles. The number of benzene rings is 4. The number of hydrogen-bond acceptors (Lipinski definition) is 7. The van der Waals surface area contributed by atoms with Crippen LogP contribution in [0.5, 0.6) is 0 Å². The first kappa shape index (κ1) is 26.3. The molecule has 0 atom stereocenters. The molecule has 0 aromatic heterocycles. The van der Waals surface area contributed by atoms with Gasteiger partial charge in [0.1, 0.15) is 16.4 Å². The van der Waals surface area contributed by atoms with Crippen molar-refractivity contribution >= 4 is 52.2 Å². The lowest BCUT2D eigenvalue weighted by atomic mass is 10.2. The molecule has 3 amide bonds. The number of imide groups is 1. The molecule has 4 aromatic rings. The average Bonchev–Trinajstić information content (AvgIpc) is 3.19. The molecule has 198 valence electrons. The van der Waals surface area contributed by atoms with Gasteiger partial charge in [-0.3, -0.25) is 24.5 Å². The molecule has 1 heterocycles. The minimum absolute atomic E-state index is 0.0565. The zero-order valence-electron chi connectivity index (χ0n) is 20.5. The first-order valence-electron chi connectivity index (χ1n) is 11.8. The molecule has 0 saturated heterocycles. The van der Waals surface area contributed by atoms with E-state index in [1.807, 2.05) is 0 Å². The number of thioether (sulfide) groups is 1. The highest BCUT2D eigenvalue weighted by Gasteiger charge is 2.40. The molecular formula is C29H19FN4O5S. The van der Waals surface area contributed by atoms with Gasteiger partial charge in [0.25, 0.3) is 23.4 Å². The monoisotopic (exact) mass is 554 g/mol. The number of hydrogen-bond donors (Lipinski definition) is 2. The molecule has 0 aliphatic carbocycles. The van der Waals surface area contributed by atoms with Gasteiger partial charge in [-0.2, -0.15) is 0 Å². The summed E-state index contributed by atoms with van der Waals surface area (Å²) in [7, 11) is 0. The van der Waals surface area contributed by atoms with Crippen molar-refractivity contribution in [3.8, 4) is 0 Å². The maximum Gasteiger partial charge on any atom is 0.283 e. The van der Waals surface area contributed by atoms with Crippen molar-refractivity contribution in [3.05, 3.63) is 135 Å². The van der Waals surface area contributed by atoms with Gasteiger partial charge < -0.3 is 10.6 Å². The summed E-state index contributed by atoms with van der Waals surface area (Å²) in [6.45, 7) is 0. The first-order chi connectivity index (χ1) is 19.3. The second-order valence-corrected chi connectivity index (χ2v) is 9.59. The Bertz CT molecular complexity index is 1640. The number of nitrogens with zero attached hydrogens (tertiary/aromatic N) is 2. The van der Waals surface area contributed by atoms with Gasteiger partial charge in [-0.1, -0.05) is 30.0 Å². The quantitative estimate of drug-likeness (QED) is 0.156. The Morgan fingerprint density at radius 1 is 0.800 bits per heavy atom. The predicted octanol–water partition coefficient (Wildman–Crippen LogP) is 5.98. The van der Waals surface area contributed by atoms with Gasteiger partial charge in [-0.15, -0.1) is 0 Å². The molecule has 1 aliphatic heterocycles. The van der Waals surface area contributed by atoms with Crippen LogP contribution in [0.25, 0.3) is 0 Å². The fraction of sp³-hybridized carbons (Fsp3) is 0. The third-order valence-electron chi connectivity index (χ3n) is 5.84. The third kappa shape index (κ3) is 5.59. The molecule has 0 fully saturated rings. The van der Waals surface area contributed by atoms with E-state index in [0.29, 0.717) is 22.0 Å². The van der Waals surface area contributed by atoms with Crippen molar-refractivity contribution in [1.29, 1.82) is 0 Å². The van der Waals surface area contributed by atoms with E-state index < -0.39 is 28.5 Å². The van der Waals surface area contributed by atoms with E-state index in [0.717, 1.165) is 16.7 Å². The predicted molar refractivity (Wildman–Crippen MR) is 149 cm³/mol. The van der Waals surface area contributed by atoms with Gasteiger partial charge in [0.05, 0.1) is 10.6 Å². The third-order valence-corrected chi connectivity index (χ3v) is 6.93. The van der Waals surface area contributed by atoms with E-state index in [1.165, 1.54) is 48.5 Å². The Morgan fingerprint density at radius 3 is 2.05 bits per heavy atom. The summed E-state index contributed by atoms with van der Waals surface area (Å²) in [6.07, 6.45) is 0. The topological polar surface area (TPSA) is 122 Å². The number of amides is 3. The number of para-hydroxylation sites is 1. The molecule has 9 nitrogen and oxygen atoms in total. The van der Waals surface area contributed by atoms with Crippen molar-refractivity contribution in [1.82, 2.24) is 0 Å². The van der Waals surface area contributed by atoms with Crippen LogP contribution in [0.3, 0.4) is 0 Å². The molecule has 1 aliphatic rings. The van der Waals surface area contributed by atoms with Crippen LogP contribution in [0.4, 0.5) is 27.1 Å². The molecule has 0 unspecified atom stereocenters. The van der Waals surface area contributed by atoms with Crippen LogP contribution in [-0.2, 0) is 9.59 Å². The Morgan fingerprint density at radius 2 is 1.43 bits per heavy atom. The molecule has 5 rings (SSSR count). The van der Waals surface area contributed by atoms with Gasteiger partial charge in [-0.05, 0) is 72.8 Å². The van der Waals surface area contributed by atoms with E-state index in [2.05, 4.69) is 10.6 Å². The normalized spacial score (nSPS) is 13.0. The highest BCUT2D eigenvalue weighted by atomic mass is 32.2. The SMILES string of the molecule is O=C(Nc1ccc(SC2=C(Nc3ccc(F)cc3)C(=O)N(c3ccccc3)C2=O)cc1)c1ccc([N+](=O)[O-])cc1. The lowest BCUT2D eigenvalue weighted by Crippen LogP contribution is -2.32. The molecule has 0 bridgehead atoms. The van der Waals surface area contributed by atoms with Gasteiger partial charge in [0.2, 0.25) is 0 Å². The van der Waals surface area contributed by atoms with Crippen molar-refractivity contribution in [3.63, 3.8) is 0 Å². The Hall–Kier alpha value is -5.29.